The third kappa shape index (κ3) is 1.32. The van der Waals surface area contributed by atoms with Gasteiger partial charge in [0.05, 0.1) is 6.10 Å². The maximum atomic E-state index is 11.5. The molecule has 3 atom stereocenters. The van der Waals surface area contributed by atoms with Crippen LogP contribution in [0.25, 0.3) is 0 Å². The largest absolute Gasteiger partial charge is 0.375 e. The van der Waals surface area contributed by atoms with E-state index in [2.05, 4.69) is 0 Å². The highest BCUT2D eigenvalue weighted by Crippen LogP contribution is 2.36. The first-order valence-corrected chi connectivity index (χ1v) is 4.68. The zero-order valence-corrected chi connectivity index (χ0v) is 7.95. The van der Waals surface area contributed by atoms with E-state index in [9.17, 15) is 4.79 Å². The van der Waals surface area contributed by atoms with E-state index in [0.29, 0.717) is 13.0 Å². The van der Waals surface area contributed by atoms with Gasteiger partial charge in [-0.1, -0.05) is 0 Å². The zero-order chi connectivity index (χ0) is 9.47. The molecule has 0 N–H and O–H groups in total. The van der Waals surface area contributed by atoms with Gasteiger partial charge in [-0.2, -0.15) is 0 Å². The van der Waals surface area contributed by atoms with E-state index in [1.807, 2.05) is 13.8 Å². The first kappa shape index (κ1) is 8.91. The molecular weight excluding hydrogens is 168 g/mol. The molecule has 3 unspecified atom stereocenters. The van der Waals surface area contributed by atoms with E-state index in [1.54, 1.807) is 12.2 Å². The van der Waals surface area contributed by atoms with Gasteiger partial charge in [0.1, 0.15) is 11.7 Å². The highest BCUT2D eigenvalue weighted by Gasteiger charge is 2.49. The molecule has 2 aliphatic rings. The molecule has 2 aliphatic heterocycles. The molecule has 0 aromatic rings. The Hall–Kier alpha value is -0.670. The van der Waals surface area contributed by atoms with Crippen molar-refractivity contribution < 1.29 is 14.3 Å². The Morgan fingerprint density at radius 3 is 3.15 bits per heavy atom. The summed E-state index contributed by atoms with van der Waals surface area (Å²) in [5.41, 5.74) is -0.626. The fourth-order valence-electron chi connectivity index (χ4n) is 1.97. The molecule has 2 heterocycles. The minimum atomic E-state index is -0.626. The molecule has 1 saturated heterocycles. The Morgan fingerprint density at radius 1 is 1.77 bits per heavy atom. The molecule has 2 rings (SSSR count). The van der Waals surface area contributed by atoms with Crippen molar-refractivity contribution in [3.05, 3.63) is 12.2 Å². The van der Waals surface area contributed by atoms with E-state index >= 15 is 0 Å². The fourth-order valence-corrected chi connectivity index (χ4v) is 1.97. The Morgan fingerprint density at radius 2 is 2.54 bits per heavy atom. The summed E-state index contributed by atoms with van der Waals surface area (Å²) in [4.78, 5) is 11.5. The van der Waals surface area contributed by atoms with Gasteiger partial charge < -0.3 is 9.47 Å². The summed E-state index contributed by atoms with van der Waals surface area (Å²) in [6, 6.07) is 0. The smallest absolute Gasteiger partial charge is 0.187 e. The van der Waals surface area contributed by atoms with Gasteiger partial charge in [0.25, 0.3) is 0 Å². The number of hydrogen-bond acceptors (Lipinski definition) is 3. The van der Waals surface area contributed by atoms with Crippen molar-refractivity contribution in [2.45, 2.75) is 38.1 Å². The standard InChI is InChI=1S/C10H14O3/c1-3-12-8-6-10(2)9(11)5-4-7(8)13-10/h4-5,7-8H,3,6H2,1-2H3. The highest BCUT2D eigenvalue weighted by atomic mass is 16.6. The number of rotatable bonds is 2. The highest BCUT2D eigenvalue weighted by molar-refractivity contribution is 5.98. The van der Waals surface area contributed by atoms with Crippen molar-refractivity contribution in [3.63, 3.8) is 0 Å². The van der Waals surface area contributed by atoms with Crippen LogP contribution >= 0.6 is 0 Å². The van der Waals surface area contributed by atoms with Crippen LogP contribution in [0.2, 0.25) is 0 Å². The van der Waals surface area contributed by atoms with Gasteiger partial charge >= 0.3 is 0 Å². The minimum absolute atomic E-state index is 0.0253. The van der Waals surface area contributed by atoms with Gasteiger partial charge in [0, 0.05) is 13.0 Å². The quantitative estimate of drug-likeness (QED) is 0.641. The summed E-state index contributed by atoms with van der Waals surface area (Å²) < 4.78 is 11.1. The topological polar surface area (TPSA) is 35.5 Å². The lowest BCUT2D eigenvalue weighted by Gasteiger charge is -2.23. The average Bonchev–Trinajstić information content (AvgIpc) is 2.35. The monoisotopic (exact) mass is 182 g/mol. The molecule has 0 aromatic heterocycles. The zero-order valence-electron chi connectivity index (χ0n) is 7.95. The van der Waals surface area contributed by atoms with Gasteiger partial charge in [0.15, 0.2) is 5.78 Å². The fraction of sp³-hybridized carbons (Fsp3) is 0.700. The van der Waals surface area contributed by atoms with Gasteiger partial charge in [-0.05, 0) is 26.0 Å². The second kappa shape index (κ2) is 2.93. The van der Waals surface area contributed by atoms with Crippen LogP contribution in [0.15, 0.2) is 12.2 Å². The Kier molecular flexibility index (Phi) is 2.00. The first-order chi connectivity index (χ1) is 6.15. The molecule has 3 heteroatoms. The average molecular weight is 182 g/mol. The molecule has 0 radical (unpaired) electrons. The van der Waals surface area contributed by atoms with Gasteiger partial charge in [0.2, 0.25) is 0 Å². The summed E-state index contributed by atoms with van der Waals surface area (Å²) in [5.74, 6) is 0.0611. The summed E-state index contributed by atoms with van der Waals surface area (Å²) in [6.07, 6.45) is 4.13. The molecule has 1 fully saturated rings. The lowest BCUT2D eigenvalue weighted by atomic mass is 9.97. The molecule has 0 aromatic carbocycles. The van der Waals surface area contributed by atoms with Crippen LogP contribution in [-0.4, -0.2) is 30.2 Å². The molecular formula is C10H14O3. The molecule has 2 bridgehead atoms. The summed E-state index contributed by atoms with van der Waals surface area (Å²) in [6.45, 7) is 4.46. The number of carbonyl (C=O) groups is 1. The summed E-state index contributed by atoms with van der Waals surface area (Å²) >= 11 is 0. The third-order valence-electron chi connectivity index (χ3n) is 2.69. The molecule has 0 amide bonds. The lowest BCUT2D eigenvalue weighted by molar-refractivity contribution is -0.136. The summed E-state index contributed by atoms with van der Waals surface area (Å²) in [5, 5.41) is 0. The van der Waals surface area contributed by atoms with E-state index in [1.165, 1.54) is 0 Å². The second-order valence-electron chi connectivity index (χ2n) is 3.73. The van der Waals surface area contributed by atoms with E-state index in [0.717, 1.165) is 0 Å². The third-order valence-corrected chi connectivity index (χ3v) is 2.69. The number of carbonyl (C=O) groups excluding carboxylic acids is 1. The molecule has 3 nitrogen and oxygen atoms in total. The van der Waals surface area contributed by atoms with Gasteiger partial charge in [-0.3, -0.25) is 4.79 Å². The van der Waals surface area contributed by atoms with Crippen molar-refractivity contribution >= 4 is 5.78 Å². The van der Waals surface area contributed by atoms with E-state index < -0.39 is 5.60 Å². The van der Waals surface area contributed by atoms with Crippen molar-refractivity contribution in [2.75, 3.05) is 6.61 Å². The van der Waals surface area contributed by atoms with Crippen LogP contribution in [0.4, 0.5) is 0 Å². The van der Waals surface area contributed by atoms with Crippen LogP contribution in [0.3, 0.4) is 0 Å². The summed E-state index contributed by atoms with van der Waals surface area (Å²) in [7, 11) is 0. The van der Waals surface area contributed by atoms with Gasteiger partial charge in [-0.25, -0.2) is 0 Å². The van der Waals surface area contributed by atoms with Crippen LogP contribution in [0.5, 0.6) is 0 Å². The van der Waals surface area contributed by atoms with E-state index in [4.69, 9.17) is 9.47 Å². The van der Waals surface area contributed by atoms with Crippen LogP contribution in [0.1, 0.15) is 20.3 Å². The van der Waals surface area contributed by atoms with E-state index in [-0.39, 0.29) is 18.0 Å². The first-order valence-electron chi connectivity index (χ1n) is 4.68. The van der Waals surface area contributed by atoms with Crippen LogP contribution < -0.4 is 0 Å². The maximum Gasteiger partial charge on any atom is 0.187 e. The van der Waals surface area contributed by atoms with Crippen LogP contribution in [-0.2, 0) is 14.3 Å². The second-order valence-corrected chi connectivity index (χ2v) is 3.73. The Bertz CT molecular complexity index is 259. The van der Waals surface area contributed by atoms with Crippen molar-refractivity contribution in [3.8, 4) is 0 Å². The van der Waals surface area contributed by atoms with Gasteiger partial charge in [-0.15, -0.1) is 0 Å². The Labute approximate surface area is 77.7 Å². The normalized spacial score (nSPS) is 42.8. The maximum absolute atomic E-state index is 11.5. The minimum Gasteiger partial charge on any atom is -0.375 e. The number of fused-ring (bicyclic) bond motifs is 2. The predicted octanol–water partition coefficient (Wildman–Crippen LogP) is 1.08. The molecule has 0 aliphatic carbocycles. The number of hydrogen-bond donors (Lipinski definition) is 0. The van der Waals surface area contributed by atoms with Crippen molar-refractivity contribution in [1.82, 2.24) is 0 Å². The lowest BCUT2D eigenvalue weighted by Crippen LogP contribution is -2.36. The molecule has 13 heavy (non-hydrogen) atoms. The molecule has 72 valence electrons. The van der Waals surface area contributed by atoms with Crippen molar-refractivity contribution in [2.24, 2.45) is 0 Å². The molecule has 0 saturated carbocycles. The van der Waals surface area contributed by atoms with Crippen molar-refractivity contribution in [1.29, 1.82) is 0 Å². The van der Waals surface area contributed by atoms with Crippen LogP contribution in [0, 0.1) is 0 Å². The number of ether oxygens (including phenoxy) is 2. The Balaban J connectivity index is 2.18. The molecule has 0 spiro atoms. The SMILES string of the molecule is CCOC1CC2(C)OC1C=CC2=O. The number of ketones is 1. The predicted molar refractivity (Wildman–Crippen MR) is 47.5 cm³/mol.